The van der Waals surface area contributed by atoms with Gasteiger partial charge in [0, 0.05) is 6.04 Å². The summed E-state index contributed by atoms with van der Waals surface area (Å²) in [6.07, 6.45) is 9.37. The van der Waals surface area contributed by atoms with Gasteiger partial charge in [-0.1, -0.05) is 32.1 Å². The molecule has 0 aromatic rings. The van der Waals surface area contributed by atoms with E-state index in [1.54, 1.807) is 0 Å². The molecule has 0 saturated heterocycles. The average molecular weight is 166 g/mol. The highest BCUT2D eigenvalue weighted by molar-refractivity contribution is 4.78. The summed E-state index contributed by atoms with van der Waals surface area (Å²) in [5.74, 6) is 0. The average Bonchev–Trinajstić information content (AvgIpc) is 2.02. The van der Waals surface area contributed by atoms with Crippen molar-refractivity contribution in [2.24, 2.45) is 0 Å². The van der Waals surface area contributed by atoms with E-state index in [0.717, 1.165) is 0 Å². The SMILES string of the molecule is N#CCNC1CCCCCCC1. The molecular formula is C10H18N2. The second kappa shape index (κ2) is 6.02. The van der Waals surface area contributed by atoms with E-state index >= 15 is 0 Å². The van der Waals surface area contributed by atoms with Crippen LogP contribution in [0.4, 0.5) is 0 Å². The van der Waals surface area contributed by atoms with Crippen molar-refractivity contribution in [1.82, 2.24) is 5.32 Å². The van der Waals surface area contributed by atoms with E-state index in [4.69, 9.17) is 5.26 Å². The van der Waals surface area contributed by atoms with Gasteiger partial charge in [-0.15, -0.1) is 0 Å². The molecule has 0 aromatic carbocycles. The number of rotatable bonds is 2. The van der Waals surface area contributed by atoms with Gasteiger partial charge in [-0.2, -0.15) is 5.26 Å². The smallest absolute Gasteiger partial charge is 0.0843 e. The molecule has 1 aliphatic carbocycles. The molecular weight excluding hydrogens is 148 g/mol. The highest BCUT2D eigenvalue weighted by atomic mass is 14.9. The molecule has 0 atom stereocenters. The first kappa shape index (κ1) is 9.54. The van der Waals surface area contributed by atoms with E-state index in [1.165, 1.54) is 44.9 Å². The van der Waals surface area contributed by atoms with Crippen molar-refractivity contribution in [2.45, 2.75) is 51.0 Å². The zero-order valence-electron chi connectivity index (χ0n) is 7.68. The zero-order chi connectivity index (χ0) is 8.65. The van der Waals surface area contributed by atoms with E-state index in [-0.39, 0.29) is 0 Å². The van der Waals surface area contributed by atoms with Crippen LogP contribution in [0.1, 0.15) is 44.9 Å². The molecule has 0 radical (unpaired) electrons. The molecule has 1 rings (SSSR count). The third-order valence-corrected chi connectivity index (χ3v) is 2.57. The Hall–Kier alpha value is -0.550. The van der Waals surface area contributed by atoms with Crippen LogP contribution in [0.3, 0.4) is 0 Å². The van der Waals surface area contributed by atoms with Crippen molar-refractivity contribution in [3.05, 3.63) is 0 Å². The van der Waals surface area contributed by atoms with Crippen molar-refractivity contribution < 1.29 is 0 Å². The molecule has 1 fully saturated rings. The van der Waals surface area contributed by atoms with Crippen LogP contribution in [0.2, 0.25) is 0 Å². The maximum atomic E-state index is 8.41. The van der Waals surface area contributed by atoms with Gasteiger partial charge < -0.3 is 5.32 Å². The summed E-state index contributed by atoms with van der Waals surface area (Å²) in [5.41, 5.74) is 0. The molecule has 1 saturated carbocycles. The molecule has 0 aliphatic heterocycles. The van der Waals surface area contributed by atoms with Crippen molar-refractivity contribution in [2.75, 3.05) is 6.54 Å². The number of nitrogens with one attached hydrogen (secondary N) is 1. The standard InChI is InChI=1S/C10H18N2/c11-8-9-12-10-6-4-2-1-3-5-7-10/h10,12H,1-7,9H2. The maximum Gasteiger partial charge on any atom is 0.0843 e. The summed E-state index contributed by atoms with van der Waals surface area (Å²) in [4.78, 5) is 0. The van der Waals surface area contributed by atoms with Gasteiger partial charge in [0.05, 0.1) is 12.6 Å². The fourth-order valence-electron chi connectivity index (χ4n) is 1.85. The Labute approximate surface area is 75.0 Å². The van der Waals surface area contributed by atoms with E-state index in [2.05, 4.69) is 11.4 Å². The second-order valence-electron chi connectivity index (χ2n) is 3.58. The number of nitrogens with zero attached hydrogens (tertiary/aromatic N) is 1. The highest BCUT2D eigenvalue weighted by Crippen LogP contribution is 2.16. The monoisotopic (exact) mass is 166 g/mol. The van der Waals surface area contributed by atoms with Crippen LogP contribution < -0.4 is 5.32 Å². The van der Waals surface area contributed by atoms with Crippen LogP contribution in [-0.4, -0.2) is 12.6 Å². The van der Waals surface area contributed by atoms with E-state index in [1.807, 2.05) is 0 Å². The summed E-state index contributed by atoms with van der Waals surface area (Å²) in [6.45, 7) is 0.519. The third-order valence-electron chi connectivity index (χ3n) is 2.57. The van der Waals surface area contributed by atoms with Gasteiger partial charge in [-0.05, 0) is 12.8 Å². The van der Waals surface area contributed by atoms with Crippen LogP contribution in [0, 0.1) is 11.3 Å². The lowest BCUT2D eigenvalue weighted by molar-refractivity contribution is 0.402. The first-order valence-electron chi connectivity index (χ1n) is 5.04. The minimum Gasteiger partial charge on any atom is -0.302 e. The van der Waals surface area contributed by atoms with Crippen molar-refractivity contribution in [3.8, 4) is 6.07 Å². The molecule has 12 heavy (non-hydrogen) atoms. The minimum atomic E-state index is 0.519. The molecule has 68 valence electrons. The van der Waals surface area contributed by atoms with Gasteiger partial charge >= 0.3 is 0 Å². The molecule has 0 unspecified atom stereocenters. The summed E-state index contributed by atoms with van der Waals surface area (Å²) in [5, 5.41) is 11.7. The van der Waals surface area contributed by atoms with Gasteiger partial charge in [0.15, 0.2) is 0 Å². The Balaban J connectivity index is 2.16. The van der Waals surface area contributed by atoms with Crippen LogP contribution in [0.5, 0.6) is 0 Å². The topological polar surface area (TPSA) is 35.8 Å². The Morgan fingerprint density at radius 1 is 1.08 bits per heavy atom. The summed E-state index contributed by atoms with van der Waals surface area (Å²) in [6, 6.07) is 2.76. The molecule has 0 spiro atoms. The van der Waals surface area contributed by atoms with Crippen molar-refractivity contribution >= 4 is 0 Å². The lowest BCUT2D eigenvalue weighted by Gasteiger charge is -2.19. The van der Waals surface area contributed by atoms with Gasteiger partial charge in [-0.3, -0.25) is 0 Å². The summed E-state index contributed by atoms with van der Waals surface area (Å²) < 4.78 is 0. The first-order valence-corrected chi connectivity index (χ1v) is 5.04. The van der Waals surface area contributed by atoms with Gasteiger partial charge in [0.25, 0.3) is 0 Å². The normalized spacial score (nSPS) is 20.9. The Morgan fingerprint density at radius 3 is 2.25 bits per heavy atom. The van der Waals surface area contributed by atoms with Crippen LogP contribution in [-0.2, 0) is 0 Å². The third kappa shape index (κ3) is 3.73. The lowest BCUT2D eigenvalue weighted by atomic mass is 9.97. The zero-order valence-corrected chi connectivity index (χ0v) is 7.68. The predicted molar refractivity (Wildman–Crippen MR) is 49.7 cm³/mol. The maximum absolute atomic E-state index is 8.41. The number of hydrogen-bond acceptors (Lipinski definition) is 2. The van der Waals surface area contributed by atoms with E-state index in [0.29, 0.717) is 12.6 Å². The van der Waals surface area contributed by atoms with Crippen LogP contribution in [0.25, 0.3) is 0 Å². The van der Waals surface area contributed by atoms with Gasteiger partial charge in [0.1, 0.15) is 0 Å². The lowest BCUT2D eigenvalue weighted by Crippen LogP contribution is -2.29. The molecule has 2 nitrogen and oxygen atoms in total. The van der Waals surface area contributed by atoms with Crippen molar-refractivity contribution in [1.29, 1.82) is 5.26 Å². The molecule has 1 aliphatic rings. The summed E-state index contributed by atoms with van der Waals surface area (Å²) in [7, 11) is 0. The van der Waals surface area contributed by atoms with Gasteiger partial charge in [0.2, 0.25) is 0 Å². The molecule has 0 amide bonds. The predicted octanol–water partition coefficient (Wildman–Crippen LogP) is 2.21. The number of hydrogen-bond donors (Lipinski definition) is 1. The molecule has 0 aromatic heterocycles. The summed E-state index contributed by atoms with van der Waals surface area (Å²) >= 11 is 0. The molecule has 0 bridgehead atoms. The molecule has 1 N–H and O–H groups in total. The second-order valence-corrected chi connectivity index (χ2v) is 3.58. The Morgan fingerprint density at radius 2 is 1.67 bits per heavy atom. The Bertz CT molecular complexity index is 140. The van der Waals surface area contributed by atoms with E-state index in [9.17, 15) is 0 Å². The molecule has 0 heterocycles. The minimum absolute atomic E-state index is 0.519. The highest BCUT2D eigenvalue weighted by Gasteiger charge is 2.09. The van der Waals surface area contributed by atoms with Crippen LogP contribution in [0.15, 0.2) is 0 Å². The van der Waals surface area contributed by atoms with Crippen molar-refractivity contribution in [3.63, 3.8) is 0 Å². The van der Waals surface area contributed by atoms with Gasteiger partial charge in [-0.25, -0.2) is 0 Å². The van der Waals surface area contributed by atoms with Crippen LogP contribution >= 0.6 is 0 Å². The van der Waals surface area contributed by atoms with E-state index < -0.39 is 0 Å². The number of nitriles is 1. The quantitative estimate of drug-likeness (QED) is 0.638. The Kier molecular flexibility index (Phi) is 4.79. The fraction of sp³-hybridized carbons (Fsp3) is 0.900. The largest absolute Gasteiger partial charge is 0.302 e. The molecule has 2 heteroatoms. The fourth-order valence-corrected chi connectivity index (χ4v) is 1.85. The first-order chi connectivity index (χ1) is 5.93.